The summed E-state index contributed by atoms with van der Waals surface area (Å²) < 4.78 is 6.57. The van der Waals surface area contributed by atoms with Gasteiger partial charge in [0.25, 0.3) is 5.91 Å². The van der Waals surface area contributed by atoms with Crippen LogP contribution in [0, 0.1) is 13.8 Å². The zero-order valence-electron chi connectivity index (χ0n) is 12.9. The van der Waals surface area contributed by atoms with Gasteiger partial charge in [-0.25, -0.2) is 4.68 Å². The summed E-state index contributed by atoms with van der Waals surface area (Å²) in [5, 5.41) is 4.38. The molecule has 0 amide bonds. The molecule has 0 saturated heterocycles. The third kappa shape index (κ3) is 3.05. The van der Waals surface area contributed by atoms with Crippen LogP contribution in [0.1, 0.15) is 34.2 Å². The lowest BCUT2D eigenvalue weighted by atomic mass is 10.1. The predicted molar refractivity (Wildman–Crippen MR) is 82.9 cm³/mol. The summed E-state index contributed by atoms with van der Waals surface area (Å²) in [6, 6.07) is 7.04. The number of carbonyl (C=O) groups excluding carboxylic acids is 1. The highest BCUT2D eigenvalue weighted by Crippen LogP contribution is 2.19. The molecule has 0 atom stereocenters. The van der Waals surface area contributed by atoms with E-state index in [9.17, 15) is 4.79 Å². The van der Waals surface area contributed by atoms with Crippen LogP contribution in [-0.2, 0) is 6.42 Å². The molecule has 0 N–H and O–H groups in total. The average molecular weight is 284 g/mol. The summed E-state index contributed by atoms with van der Waals surface area (Å²) in [6.45, 7) is 9.74. The lowest BCUT2D eigenvalue weighted by Gasteiger charge is -2.05. The van der Waals surface area contributed by atoms with Crippen LogP contribution < -0.4 is 4.74 Å². The van der Waals surface area contributed by atoms with Crippen molar-refractivity contribution in [2.75, 3.05) is 7.11 Å². The Hall–Kier alpha value is -2.36. The zero-order chi connectivity index (χ0) is 15.6. The second kappa shape index (κ2) is 5.95. The second-order valence-corrected chi connectivity index (χ2v) is 5.23. The molecule has 0 saturated carbocycles. The number of benzene rings is 1. The molecule has 4 heteroatoms. The maximum absolute atomic E-state index is 12.6. The van der Waals surface area contributed by atoms with Crippen LogP contribution in [0.3, 0.4) is 0 Å². The summed E-state index contributed by atoms with van der Waals surface area (Å²) >= 11 is 0. The van der Waals surface area contributed by atoms with Gasteiger partial charge in [-0.15, -0.1) is 0 Å². The van der Waals surface area contributed by atoms with Crippen molar-refractivity contribution in [1.82, 2.24) is 9.78 Å². The van der Waals surface area contributed by atoms with Crippen molar-refractivity contribution in [2.45, 2.75) is 27.2 Å². The van der Waals surface area contributed by atoms with E-state index in [-0.39, 0.29) is 5.91 Å². The Kier molecular flexibility index (Phi) is 4.26. The van der Waals surface area contributed by atoms with Crippen LogP contribution in [0.4, 0.5) is 0 Å². The van der Waals surface area contributed by atoms with Crippen LogP contribution in [0.25, 0.3) is 0 Å². The van der Waals surface area contributed by atoms with Gasteiger partial charge in [-0.3, -0.25) is 4.79 Å². The van der Waals surface area contributed by atoms with Crippen LogP contribution in [0.2, 0.25) is 0 Å². The molecule has 21 heavy (non-hydrogen) atoms. The molecule has 1 heterocycles. The average Bonchev–Trinajstić information content (AvgIpc) is 2.74. The van der Waals surface area contributed by atoms with E-state index in [1.807, 2.05) is 20.8 Å². The standard InChI is InChI=1S/C17H20N2O2/c1-11(2)10-16-12(3)18-19(13(16)4)17(20)14-6-8-15(21-5)9-7-14/h6-9H,1,10H2,2-5H3. The van der Waals surface area contributed by atoms with E-state index in [2.05, 4.69) is 11.7 Å². The third-order valence-corrected chi connectivity index (χ3v) is 3.45. The summed E-state index contributed by atoms with van der Waals surface area (Å²) in [6.07, 6.45) is 0.744. The van der Waals surface area contributed by atoms with Crippen LogP contribution >= 0.6 is 0 Å². The predicted octanol–water partition coefficient (Wildman–Crippen LogP) is 3.32. The molecule has 4 nitrogen and oxygen atoms in total. The second-order valence-electron chi connectivity index (χ2n) is 5.23. The van der Waals surface area contributed by atoms with Crippen molar-refractivity contribution in [3.05, 3.63) is 58.9 Å². The van der Waals surface area contributed by atoms with Crippen LogP contribution in [0.5, 0.6) is 5.75 Å². The fourth-order valence-corrected chi connectivity index (χ4v) is 2.29. The van der Waals surface area contributed by atoms with Crippen molar-refractivity contribution < 1.29 is 9.53 Å². The maximum Gasteiger partial charge on any atom is 0.278 e. The van der Waals surface area contributed by atoms with Gasteiger partial charge < -0.3 is 4.74 Å². The Labute approximate surface area is 125 Å². The Morgan fingerprint density at radius 1 is 1.29 bits per heavy atom. The molecule has 0 aliphatic rings. The minimum absolute atomic E-state index is 0.133. The monoisotopic (exact) mass is 284 g/mol. The Morgan fingerprint density at radius 2 is 1.90 bits per heavy atom. The number of allylic oxidation sites excluding steroid dienone is 1. The number of hydrogen-bond acceptors (Lipinski definition) is 3. The summed E-state index contributed by atoms with van der Waals surface area (Å²) in [7, 11) is 1.60. The molecular formula is C17H20N2O2. The fraction of sp³-hybridized carbons (Fsp3) is 0.294. The van der Waals surface area contributed by atoms with Gasteiger partial charge in [0, 0.05) is 16.8 Å². The number of rotatable bonds is 4. The van der Waals surface area contributed by atoms with Gasteiger partial charge in [0.15, 0.2) is 0 Å². The van der Waals surface area contributed by atoms with E-state index in [1.165, 1.54) is 4.68 Å². The van der Waals surface area contributed by atoms with E-state index < -0.39 is 0 Å². The number of methoxy groups -OCH3 is 1. The molecule has 0 unspecified atom stereocenters. The normalized spacial score (nSPS) is 10.5. The first kappa shape index (κ1) is 15.0. The van der Waals surface area contributed by atoms with Crippen molar-refractivity contribution in [2.24, 2.45) is 0 Å². The first-order valence-corrected chi connectivity index (χ1v) is 6.82. The molecule has 0 radical (unpaired) electrons. The lowest BCUT2D eigenvalue weighted by Crippen LogP contribution is -2.15. The van der Waals surface area contributed by atoms with Crippen LogP contribution in [0.15, 0.2) is 36.4 Å². The molecule has 0 bridgehead atoms. The van der Waals surface area contributed by atoms with Crippen molar-refractivity contribution in [3.63, 3.8) is 0 Å². The molecule has 1 aromatic heterocycles. The molecule has 0 fully saturated rings. The van der Waals surface area contributed by atoms with Gasteiger partial charge in [-0.1, -0.05) is 12.2 Å². The van der Waals surface area contributed by atoms with Crippen LogP contribution in [-0.4, -0.2) is 22.8 Å². The zero-order valence-corrected chi connectivity index (χ0v) is 12.9. The quantitative estimate of drug-likeness (QED) is 0.809. The van der Waals surface area contributed by atoms with E-state index in [0.717, 1.165) is 34.7 Å². The van der Waals surface area contributed by atoms with Gasteiger partial charge in [0.2, 0.25) is 0 Å². The van der Waals surface area contributed by atoms with Gasteiger partial charge >= 0.3 is 0 Å². The minimum Gasteiger partial charge on any atom is -0.497 e. The largest absolute Gasteiger partial charge is 0.497 e. The molecule has 2 aromatic rings. The molecule has 110 valence electrons. The first-order valence-electron chi connectivity index (χ1n) is 6.82. The summed E-state index contributed by atoms with van der Waals surface area (Å²) in [4.78, 5) is 12.6. The molecule has 0 aliphatic heterocycles. The highest BCUT2D eigenvalue weighted by atomic mass is 16.5. The minimum atomic E-state index is -0.133. The molecular weight excluding hydrogens is 264 g/mol. The maximum atomic E-state index is 12.6. The van der Waals surface area contributed by atoms with Crippen molar-refractivity contribution >= 4 is 5.91 Å². The van der Waals surface area contributed by atoms with Crippen molar-refractivity contribution in [1.29, 1.82) is 0 Å². The number of aromatic nitrogens is 2. The van der Waals surface area contributed by atoms with Gasteiger partial charge in [0.05, 0.1) is 12.8 Å². The summed E-state index contributed by atoms with van der Waals surface area (Å²) in [5.74, 6) is 0.592. The van der Waals surface area contributed by atoms with E-state index in [0.29, 0.717) is 5.56 Å². The third-order valence-electron chi connectivity index (χ3n) is 3.45. The highest BCUT2D eigenvalue weighted by molar-refractivity contribution is 5.96. The number of aryl methyl sites for hydroxylation is 1. The Bertz CT molecular complexity index is 682. The van der Waals surface area contributed by atoms with Gasteiger partial charge in [-0.2, -0.15) is 5.10 Å². The van der Waals surface area contributed by atoms with E-state index >= 15 is 0 Å². The lowest BCUT2D eigenvalue weighted by molar-refractivity contribution is 0.0942. The van der Waals surface area contributed by atoms with E-state index in [4.69, 9.17) is 4.74 Å². The Balaban J connectivity index is 2.36. The molecule has 0 aliphatic carbocycles. The SMILES string of the molecule is C=C(C)Cc1c(C)nn(C(=O)c2ccc(OC)cc2)c1C. The molecule has 1 aromatic carbocycles. The number of ether oxygens (including phenoxy) is 1. The van der Waals surface area contributed by atoms with Gasteiger partial charge in [-0.05, 0) is 51.5 Å². The first-order chi connectivity index (χ1) is 9.93. The number of carbonyl (C=O) groups is 1. The molecule has 0 spiro atoms. The number of nitrogens with zero attached hydrogens (tertiary/aromatic N) is 2. The smallest absolute Gasteiger partial charge is 0.278 e. The molecule has 2 rings (SSSR count). The highest BCUT2D eigenvalue weighted by Gasteiger charge is 2.17. The van der Waals surface area contributed by atoms with Gasteiger partial charge in [0.1, 0.15) is 5.75 Å². The summed E-state index contributed by atoms with van der Waals surface area (Å²) in [5.41, 5.74) is 4.46. The van der Waals surface area contributed by atoms with Crippen molar-refractivity contribution in [3.8, 4) is 5.75 Å². The number of hydrogen-bond donors (Lipinski definition) is 0. The topological polar surface area (TPSA) is 44.1 Å². The van der Waals surface area contributed by atoms with E-state index in [1.54, 1.807) is 31.4 Å². The Morgan fingerprint density at radius 3 is 2.43 bits per heavy atom. The fourth-order valence-electron chi connectivity index (χ4n) is 2.29.